The molecule has 168 valence electrons. The van der Waals surface area contributed by atoms with E-state index in [0.29, 0.717) is 5.75 Å². The minimum Gasteiger partial charge on any atom is -0.497 e. The van der Waals surface area contributed by atoms with Crippen LogP contribution in [0.1, 0.15) is 22.6 Å². The summed E-state index contributed by atoms with van der Waals surface area (Å²) >= 11 is 0. The van der Waals surface area contributed by atoms with Crippen LogP contribution in [0.4, 0.5) is 11.4 Å². The van der Waals surface area contributed by atoms with Crippen LogP contribution in [0.15, 0.2) is 39.5 Å². The molecular formula is C21H16N4O8. The Morgan fingerprint density at radius 2 is 1.91 bits per heavy atom. The first-order chi connectivity index (χ1) is 15.8. The summed E-state index contributed by atoms with van der Waals surface area (Å²) in [5.41, 5.74) is -2.03. The predicted octanol–water partition coefficient (Wildman–Crippen LogP) is 3.65. The first kappa shape index (κ1) is 22.9. The fourth-order valence-electron chi connectivity index (χ4n) is 3.14. The topological polar surface area (TPSA) is 175 Å². The van der Waals surface area contributed by atoms with E-state index in [1.807, 2.05) is 0 Å². The number of hydrogen-bond donors (Lipinski definition) is 1. The molecule has 0 aliphatic rings. The lowest BCUT2D eigenvalue weighted by molar-refractivity contribution is -0.386. The van der Waals surface area contributed by atoms with Crippen molar-refractivity contribution in [1.29, 1.82) is 5.26 Å². The van der Waals surface area contributed by atoms with Gasteiger partial charge in [-0.25, -0.2) is 0 Å². The third-order valence-corrected chi connectivity index (χ3v) is 4.61. The molecule has 0 saturated carbocycles. The molecule has 2 heterocycles. The van der Waals surface area contributed by atoms with Crippen LogP contribution in [0.25, 0.3) is 23.5 Å². The molecule has 0 amide bonds. The molecule has 0 saturated heterocycles. The normalized spacial score (nSPS) is 10.8. The maximum atomic E-state index is 12.2. The van der Waals surface area contributed by atoms with Gasteiger partial charge in [-0.3, -0.25) is 25.0 Å². The molecular weight excluding hydrogens is 436 g/mol. The average Bonchev–Trinajstić information content (AvgIpc) is 3.26. The number of aromatic nitrogens is 1. The number of nitrogens with zero attached hydrogens (tertiary/aromatic N) is 3. The lowest BCUT2D eigenvalue weighted by atomic mass is 10.1. The van der Waals surface area contributed by atoms with Crippen LogP contribution in [0.2, 0.25) is 0 Å². The van der Waals surface area contributed by atoms with Gasteiger partial charge >= 0.3 is 0 Å². The number of H-pyrrole nitrogens is 1. The van der Waals surface area contributed by atoms with Gasteiger partial charge in [0.1, 0.15) is 34.6 Å². The Balaban J connectivity index is 2.04. The number of nitro benzene ring substituents is 1. The van der Waals surface area contributed by atoms with Gasteiger partial charge in [0, 0.05) is 7.11 Å². The van der Waals surface area contributed by atoms with Crippen LogP contribution in [0.3, 0.4) is 0 Å². The Bertz CT molecular complexity index is 1360. The van der Waals surface area contributed by atoms with Crippen molar-refractivity contribution in [1.82, 2.24) is 4.98 Å². The van der Waals surface area contributed by atoms with Crippen LogP contribution < -0.4 is 10.3 Å². The number of aromatic amines is 1. The standard InChI is InChI=1S/C21H16N4O8/c1-31-11-16-15(10-22)21(26)23-17(20(16)25(29)30)7-4-12-5-8-19(33-12)14-6-3-13(32-2)9-18(14)24(27)28/h3-9H,11H2,1-2H3,(H,23,26)/b7-4+. The highest BCUT2D eigenvalue weighted by Gasteiger charge is 2.25. The molecule has 33 heavy (non-hydrogen) atoms. The average molecular weight is 452 g/mol. The molecule has 1 aromatic carbocycles. The van der Waals surface area contributed by atoms with Gasteiger partial charge in [-0.2, -0.15) is 5.26 Å². The molecule has 2 aromatic heterocycles. The largest absolute Gasteiger partial charge is 0.497 e. The summed E-state index contributed by atoms with van der Waals surface area (Å²) in [6, 6.07) is 8.94. The van der Waals surface area contributed by atoms with Crippen molar-refractivity contribution in [2.45, 2.75) is 6.61 Å². The van der Waals surface area contributed by atoms with Gasteiger partial charge in [-0.15, -0.1) is 0 Å². The van der Waals surface area contributed by atoms with Crippen LogP contribution in [0.5, 0.6) is 5.75 Å². The van der Waals surface area contributed by atoms with E-state index >= 15 is 0 Å². The van der Waals surface area contributed by atoms with Crippen molar-refractivity contribution in [3.05, 3.63) is 83.5 Å². The molecule has 0 aliphatic carbocycles. The van der Waals surface area contributed by atoms with E-state index in [9.17, 15) is 30.3 Å². The van der Waals surface area contributed by atoms with Crippen molar-refractivity contribution >= 4 is 23.5 Å². The molecule has 0 unspecified atom stereocenters. The molecule has 0 aliphatic heterocycles. The molecule has 1 N–H and O–H groups in total. The van der Waals surface area contributed by atoms with Crippen molar-refractivity contribution in [3.8, 4) is 23.1 Å². The summed E-state index contributed by atoms with van der Waals surface area (Å²) < 4.78 is 15.6. The van der Waals surface area contributed by atoms with E-state index in [1.54, 1.807) is 12.1 Å². The number of methoxy groups -OCH3 is 2. The second kappa shape index (κ2) is 9.58. The summed E-state index contributed by atoms with van der Waals surface area (Å²) in [5.74, 6) is 0.705. The number of rotatable bonds is 8. The van der Waals surface area contributed by atoms with Crippen molar-refractivity contribution in [2.75, 3.05) is 14.2 Å². The Morgan fingerprint density at radius 1 is 1.15 bits per heavy atom. The Kier molecular flexibility index (Phi) is 6.65. The minimum atomic E-state index is -0.802. The van der Waals surface area contributed by atoms with Crippen LogP contribution in [-0.4, -0.2) is 29.1 Å². The van der Waals surface area contributed by atoms with Crippen molar-refractivity contribution in [3.63, 3.8) is 0 Å². The first-order valence-electron chi connectivity index (χ1n) is 9.24. The third-order valence-electron chi connectivity index (χ3n) is 4.61. The number of hydrogen-bond acceptors (Lipinski definition) is 9. The lowest BCUT2D eigenvalue weighted by Crippen LogP contribution is -2.18. The number of ether oxygens (including phenoxy) is 2. The van der Waals surface area contributed by atoms with Gasteiger partial charge < -0.3 is 18.9 Å². The maximum absolute atomic E-state index is 12.2. The maximum Gasteiger partial charge on any atom is 0.299 e. The van der Waals surface area contributed by atoms with E-state index in [4.69, 9.17) is 13.9 Å². The first-order valence-corrected chi connectivity index (χ1v) is 9.24. The highest BCUT2D eigenvalue weighted by molar-refractivity contribution is 5.75. The fourth-order valence-corrected chi connectivity index (χ4v) is 3.14. The quantitative estimate of drug-likeness (QED) is 0.395. The zero-order valence-corrected chi connectivity index (χ0v) is 17.4. The SMILES string of the molecule is COCc1c([N+](=O)[O-])c(/C=C/c2ccc(-c3ccc(OC)cc3[N+](=O)[O-])o2)[nH]c(=O)c1C#N. The summed E-state index contributed by atoms with van der Waals surface area (Å²) in [7, 11) is 2.67. The zero-order valence-electron chi connectivity index (χ0n) is 17.4. The van der Waals surface area contributed by atoms with Gasteiger partial charge in [-0.1, -0.05) is 0 Å². The smallest absolute Gasteiger partial charge is 0.299 e. The Labute approximate surface area is 185 Å². The Hall–Kier alpha value is -4.76. The molecule has 0 spiro atoms. The lowest BCUT2D eigenvalue weighted by Gasteiger charge is -2.06. The summed E-state index contributed by atoms with van der Waals surface area (Å²) in [5, 5.41) is 32.3. The molecule has 0 fully saturated rings. The molecule has 0 atom stereocenters. The molecule has 12 nitrogen and oxygen atoms in total. The number of benzene rings is 1. The number of nitriles is 1. The van der Waals surface area contributed by atoms with Crippen molar-refractivity contribution in [2.24, 2.45) is 0 Å². The number of nitrogens with one attached hydrogen (secondary N) is 1. The van der Waals surface area contributed by atoms with E-state index in [2.05, 4.69) is 4.98 Å². The highest BCUT2D eigenvalue weighted by Crippen LogP contribution is 2.34. The van der Waals surface area contributed by atoms with Gasteiger partial charge in [0.05, 0.1) is 40.8 Å². The van der Waals surface area contributed by atoms with Crippen LogP contribution in [-0.2, 0) is 11.3 Å². The highest BCUT2D eigenvalue weighted by atomic mass is 16.6. The van der Waals surface area contributed by atoms with E-state index in [1.165, 1.54) is 50.6 Å². The molecule has 0 radical (unpaired) electrons. The summed E-state index contributed by atoms with van der Waals surface area (Å²) in [6.45, 7) is -0.310. The summed E-state index contributed by atoms with van der Waals surface area (Å²) in [4.78, 5) is 36.3. The van der Waals surface area contributed by atoms with Gasteiger partial charge in [0.2, 0.25) is 0 Å². The van der Waals surface area contributed by atoms with Gasteiger partial charge in [0.15, 0.2) is 0 Å². The van der Waals surface area contributed by atoms with Gasteiger partial charge in [-0.05, 0) is 36.4 Å². The van der Waals surface area contributed by atoms with E-state index in [-0.39, 0.29) is 40.6 Å². The molecule has 0 bridgehead atoms. The second-order valence-corrected chi connectivity index (χ2v) is 6.55. The molecule has 12 heteroatoms. The van der Waals surface area contributed by atoms with E-state index < -0.39 is 26.7 Å². The number of nitro groups is 2. The fraction of sp³-hybridized carbons (Fsp3) is 0.143. The van der Waals surface area contributed by atoms with E-state index in [0.717, 1.165) is 0 Å². The van der Waals surface area contributed by atoms with Gasteiger partial charge in [0.25, 0.3) is 16.9 Å². The molecule has 3 aromatic rings. The van der Waals surface area contributed by atoms with Crippen molar-refractivity contribution < 1.29 is 23.7 Å². The Morgan fingerprint density at radius 3 is 2.52 bits per heavy atom. The summed E-state index contributed by atoms with van der Waals surface area (Å²) in [6.07, 6.45) is 2.59. The monoisotopic (exact) mass is 452 g/mol. The zero-order chi connectivity index (χ0) is 24.1. The molecule has 3 rings (SSSR count). The third kappa shape index (κ3) is 4.63. The number of pyridine rings is 1. The predicted molar refractivity (Wildman–Crippen MR) is 115 cm³/mol. The van der Waals surface area contributed by atoms with Crippen LogP contribution in [0, 0.1) is 31.6 Å². The minimum absolute atomic E-state index is 0.151. The number of furan rings is 1. The van der Waals surface area contributed by atoms with Crippen LogP contribution >= 0.6 is 0 Å². The second-order valence-electron chi connectivity index (χ2n) is 6.55.